The molecule has 4 heteroatoms. The van der Waals surface area contributed by atoms with Crippen molar-refractivity contribution in [3.8, 4) is 0 Å². The van der Waals surface area contributed by atoms with Gasteiger partial charge in [-0.25, -0.2) is 0 Å². The van der Waals surface area contributed by atoms with Gasteiger partial charge < -0.3 is 0 Å². The molecule has 0 aromatic heterocycles. The molecule has 0 fully saturated rings. The van der Waals surface area contributed by atoms with E-state index in [4.69, 9.17) is 9.05 Å². The summed E-state index contributed by atoms with van der Waals surface area (Å²) in [7, 11) is 0. The molecular weight excluding hydrogens is 261 g/mol. The van der Waals surface area contributed by atoms with E-state index < -0.39 is 0 Å². The van der Waals surface area contributed by atoms with Crippen LogP contribution in [0.4, 0.5) is 9.05 Å². The Bertz CT molecular complexity index is 6.00. The molecule has 0 saturated heterocycles. The summed E-state index contributed by atoms with van der Waals surface area (Å²) in [5.74, 6) is 0. The maximum atomic E-state index is 9.12. The van der Waals surface area contributed by atoms with E-state index in [1.165, 1.54) is 5.15 Å². The van der Waals surface area contributed by atoms with E-state index in [2.05, 4.69) is 0 Å². The van der Waals surface area contributed by atoms with E-state index in [-0.39, 0.29) is 27.3 Å². The Kier molecular flexibility index (Phi) is 20.5. The first-order valence-corrected chi connectivity index (χ1v) is 0.309. The fourth-order valence-corrected chi connectivity index (χ4v) is 0. The second kappa shape index (κ2) is 9.27. The molecule has 0 amide bonds. The Morgan fingerprint density at radius 2 is 1.25 bits per heavy atom. The molecule has 0 spiro atoms. The van der Waals surface area contributed by atoms with Gasteiger partial charge in [-0.2, -0.15) is 0 Å². The van der Waals surface area contributed by atoms with Crippen LogP contribution in [0.5, 0.6) is 0 Å². The minimum atomic E-state index is 0. The van der Waals surface area contributed by atoms with Gasteiger partial charge in [0.1, 0.15) is 0 Å². The molecule has 24 valence electrons. The third kappa shape index (κ3) is 15.1. The predicted octanol–water partition coefficient (Wildman–Crippen LogP) is 0.391. The van der Waals surface area contributed by atoms with Crippen LogP contribution in [0.25, 0.3) is 0 Å². The molecule has 0 bridgehead atoms. The number of halogens is 2. The molecule has 0 heterocycles. The smallest absolute Gasteiger partial charge is 0.0104 e. The van der Waals surface area contributed by atoms with Gasteiger partial charge in [-0.15, -0.1) is 0 Å². The Morgan fingerprint density at radius 1 is 1.25 bits per heavy atom. The third-order valence-corrected chi connectivity index (χ3v) is 0. The second-order valence-corrected chi connectivity index (χ2v) is 0.0583. The van der Waals surface area contributed by atoms with Crippen molar-refractivity contribution in [1.82, 2.24) is 0 Å². The molecule has 1 nitrogen and oxygen atoms in total. The Balaban J connectivity index is 0. The van der Waals surface area contributed by atoms with Gasteiger partial charge in [-0.3, -0.25) is 0 Å². The fourth-order valence-electron chi connectivity index (χ4n) is 0. The summed E-state index contributed by atoms with van der Waals surface area (Å²) in [4.78, 5) is 0. The molecule has 0 unspecified atom stereocenters. The maximum absolute atomic E-state index is 9.12. The first-order valence-electron chi connectivity index (χ1n) is 0.309. The molecule has 4 heavy (non-hydrogen) atoms. The van der Waals surface area contributed by atoms with Crippen LogP contribution in [-0.4, -0.2) is 27.3 Å². The second-order valence-electron chi connectivity index (χ2n) is 0.0583. The molecule has 0 N–H and O–H groups in total. The summed E-state index contributed by atoms with van der Waals surface area (Å²) < 4.78 is 18.2. The fraction of sp³-hybridized carbons (Fsp3) is 0. The van der Waals surface area contributed by atoms with Gasteiger partial charge >= 0.3 is 0 Å². The summed E-state index contributed by atoms with van der Waals surface area (Å²) in [6.45, 7) is 0. The third-order valence-electron chi connectivity index (χ3n) is 0. The Hall–Kier alpha value is 0.742. The molecule has 0 rings (SSSR count). The van der Waals surface area contributed by atoms with E-state index in [0.29, 0.717) is 0 Å². The molecule has 0 saturated carbocycles. The van der Waals surface area contributed by atoms with Crippen LogP contribution in [-0.2, 0) is 5.15 Å². The van der Waals surface area contributed by atoms with Gasteiger partial charge in [-0.1, -0.05) is 0 Å². The van der Waals surface area contributed by atoms with Crippen molar-refractivity contribution in [1.29, 1.82) is 0 Å². The van der Waals surface area contributed by atoms with Gasteiger partial charge in [0.2, 0.25) is 0 Å². The van der Waals surface area contributed by atoms with Crippen LogP contribution in [0.1, 0.15) is 0 Å². The zero-order chi connectivity index (χ0) is 2.71. The van der Waals surface area contributed by atoms with Gasteiger partial charge in [0, 0.05) is 32.4 Å². The molecule has 0 aromatic rings. The van der Waals surface area contributed by atoms with Gasteiger partial charge in [0.15, 0.2) is 0 Å². The van der Waals surface area contributed by atoms with Gasteiger partial charge in [0.05, 0.1) is 0 Å². The van der Waals surface area contributed by atoms with Crippen LogP contribution in [0.3, 0.4) is 0 Å². The zero-order valence-corrected chi connectivity index (χ0v) is 5.55. The van der Waals surface area contributed by atoms with Gasteiger partial charge in [-0.05, 0) is 9.05 Å². The predicted molar refractivity (Wildman–Crippen MR) is 9.05 cm³/mol. The van der Waals surface area contributed by atoms with Crippen molar-refractivity contribution in [2.45, 2.75) is 0 Å². The number of hydrogen-bond acceptors (Lipinski definition) is 1. The van der Waals surface area contributed by atoms with E-state index in [9.17, 15) is 0 Å². The average molecular weight is 261 g/mol. The van der Waals surface area contributed by atoms with Crippen molar-refractivity contribution in [3.63, 3.8) is 0 Å². The van der Waals surface area contributed by atoms with Crippen molar-refractivity contribution in [3.05, 3.63) is 0 Å². The normalized spacial score (nSPS) is 4.50. The minimum Gasteiger partial charge on any atom is -0.0104 e. The van der Waals surface area contributed by atoms with Crippen molar-refractivity contribution >= 4 is 27.3 Å². The summed E-state index contributed by atoms with van der Waals surface area (Å²) >= 11 is 0. The SMILES string of the molecule is FOF.[Pb]. The monoisotopic (exact) mass is 262 g/mol. The van der Waals surface area contributed by atoms with Crippen LogP contribution < -0.4 is 0 Å². The Labute approximate surface area is 41.9 Å². The first-order chi connectivity index (χ1) is 1.41. The molecule has 4 radical (unpaired) electrons. The zero-order valence-electron chi connectivity index (χ0n) is 1.66. The van der Waals surface area contributed by atoms with E-state index in [1.54, 1.807) is 0 Å². The number of hydrogen-bond donors (Lipinski definition) is 0. The largest absolute Gasteiger partial charge is 0.0209 e. The first kappa shape index (κ1) is 8.83. The summed E-state index contributed by atoms with van der Waals surface area (Å²) in [5, 5.41) is 1.25. The molecule has 0 aromatic carbocycles. The maximum Gasteiger partial charge on any atom is 0.0209 e. The van der Waals surface area contributed by atoms with Crippen molar-refractivity contribution in [2.75, 3.05) is 0 Å². The summed E-state index contributed by atoms with van der Waals surface area (Å²) in [6.07, 6.45) is 0. The van der Waals surface area contributed by atoms with Crippen molar-refractivity contribution < 1.29 is 14.2 Å². The summed E-state index contributed by atoms with van der Waals surface area (Å²) in [6, 6.07) is 0. The van der Waals surface area contributed by atoms with Crippen LogP contribution >= 0.6 is 0 Å². The Morgan fingerprint density at radius 3 is 1.25 bits per heavy atom. The van der Waals surface area contributed by atoms with E-state index >= 15 is 0 Å². The van der Waals surface area contributed by atoms with Gasteiger partial charge in [0.25, 0.3) is 0 Å². The quantitative estimate of drug-likeness (QED) is 0.573. The molecule has 0 aliphatic rings. The standard InChI is InChI=1S/F2O.Pb/c1-3-2;. The minimum absolute atomic E-state index is 0. The van der Waals surface area contributed by atoms with Crippen LogP contribution in [0, 0.1) is 0 Å². The molecule has 0 aliphatic heterocycles. The van der Waals surface area contributed by atoms with E-state index in [0.717, 1.165) is 0 Å². The molecule has 0 aliphatic carbocycles. The molecular formula is F2OPb. The van der Waals surface area contributed by atoms with Crippen LogP contribution in [0.2, 0.25) is 0 Å². The summed E-state index contributed by atoms with van der Waals surface area (Å²) in [5.41, 5.74) is 0. The average Bonchev–Trinajstić information content (AvgIpc) is 0.918. The van der Waals surface area contributed by atoms with Crippen molar-refractivity contribution in [2.24, 2.45) is 0 Å². The topological polar surface area (TPSA) is 9.23 Å². The van der Waals surface area contributed by atoms with Crippen LogP contribution in [0.15, 0.2) is 0 Å². The number of rotatable bonds is 0. The molecule has 0 atom stereocenters. The van der Waals surface area contributed by atoms with E-state index in [1.807, 2.05) is 0 Å².